The minimum Gasteiger partial charge on any atom is -0.477 e. The molecule has 1 aromatic carbocycles. The van der Waals surface area contributed by atoms with Crippen LogP contribution in [0.25, 0.3) is 10.9 Å². The number of halogens is 1. The van der Waals surface area contributed by atoms with E-state index in [2.05, 4.69) is 0 Å². The fraction of sp³-hybridized carbons (Fsp3) is 0.524. The highest BCUT2D eigenvalue weighted by Crippen LogP contribution is 2.41. The maximum Gasteiger partial charge on any atom is 0.341 e. The van der Waals surface area contributed by atoms with Crippen molar-refractivity contribution in [2.75, 3.05) is 31.2 Å². The summed E-state index contributed by atoms with van der Waals surface area (Å²) in [6.45, 7) is 6.88. The average molecular weight is 388 g/mol. The van der Waals surface area contributed by atoms with Crippen molar-refractivity contribution in [2.45, 2.75) is 39.2 Å². The van der Waals surface area contributed by atoms with Crippen LogP contribution in [0.2, 0.25) is 0 Å². The van der Waals surface area contributed by atoms with Gasteiger partial charge in [0.25, 0.3) is 0 Å². The number of carbonyl (C=O) groups is 1. The van der Waals surface area contributed by atoms with E-state index in [0.717, 1.165) is 45.6 Å². The summed E-state index contributed by atoms with van der Waals surface area (Å²) in [6.07, 6.45) is 4.34. The molecule has 0 aliphatic carbocycles. The van der Waals surface area contributed by atoms with Crippen molar-refractivity contribution in [2.24, 2.45) is 5.41 Å². The minimum atomic E-state index is -1.30. The van der Waals surface area contributed by atoms with Crippen LogP contribution in [0.5, 0.6) is 0 Å². The molecule has 0 saturated carbocycles. The number of aromatic nitrogens is 1. The Morgan fingerprint density at radius 3 is 2.54 bits per heavy atom. The molecule has 2 aliphatic rings. The number of piperidine rings is 1. The Morgan fingerprint density at radius 1 is 1.25 bits per heavy atom. The lowest BCUT2D eigenvalue weighted by atomic mass is 9.78. The van der Waals surface area contributed by atoms with Gasteiger partial charge in [-0.1, -0.05) is 0 Å². The van der Waals surface area contributed by atoms with E-state index >= 15 is 0 Å². The van der Waals surface area contributed by atoms with Gasteiger partial charge in [-0.15, -0.1) is 0 Å². The summed E-state index contributed by atoms with van der Waals surface area (Å²) in [4.78, 5) is 26.0. The maximum absolute atomic E-state index is 15.0. The van der Waals surface area contributed by atoms with Crippen molar-refractivity contribution in [3.05, 3.63) is 39.9 Å². The lowest BCUT2D eigenvalue weighted by Gasteiger charge is -2.39. The highest BCUT2D eigenvalue weighted by atomic mass is 19.1. The highest BCUT2D eigenvalue weighted by molar-refractivity contribution is 5.93. The Labute approximate surface area is 162 Å². The van der Waals surface area contributed by atoms with E-state index in [1.807, 2.05) is 18.7 Å². The van der Waals surface area contributed by atoms with Gasteiger partial charge in [0.1, 0.15) is 11.4 Å². The van der Waals surface area contributed by atoms with Crippen molar-refractivity contribution in [3.63, 3.8) is 0 Å². The molecular formula is C21H25FN2O4. The third kappa shape index (κ3) is 3.07. The summed E-state index contributed by atoms with van der Waals surface area (Å²) in [6, 6.07) is 2.82. The number of carboxylic acid groups (broad SMARTS) is 1. The first-order valence-electron chi connectivity index (χ1n) is 9.76. The Kier molecular flexibility index (Phi) is 4.65. The van der Waals surface area contributed by atoms with Gasteiger partial charge in [-0.3, -0.25) is 4.79 Å². The van der Waals surface area contributed by atoms with Crippen LogP contribution in [0.4, 0.5) is 10.1 Å². The number of nitrogens with zero attached hydrogens (tertiary/aromatic N) is 2. The Hall–Kier alpha value is -2.41. The van der Waals surface area contributed by atoms with E-state index in [-0.39, 0.29) is 22.4 Å². The standard InChI is InChI=1S/C21H25FN2O4/c1-13(2)24-11-15(20(26)27)19(25)14-9-16(22)18(10-17(14)24)23-6-3-21(4-7-23)5-8-28-12-21/h9-11,13H,3-8,12H2,1-2H3,(H,26,27). The maximum atomic E-state index is 15.0. The second-order valence-electron chi connectivity index (χ2n) is 8.29. The lowest BCUT2D eigenvalue weighted by Crippen LogP contribution is -2.40. The number of hydrogen-bond acceptors (Lipinski definition) is 4. The molecule has 1 aromatic heterocycles. The molecule has 0 radical (unpaired) electrons. The molecule has 2 saturated heterocycles. The number of aromatic carboxylic acids is 1. The van der Waals surface area contributed by atoms with Gasteiger partial charge in [0.05, 0.1) is 17.8 Å². The van der Waals surface area contributed by atoms with E-state index in [1.54, 1.807) is 10.6 Å². The predicted octanol–water partition coefficient (Wildman–Crippen LogP) is 3.43. The molecule has 28 heavy (non-hydrogen) atoms. The third-order valence-corrected chi connectivity index (χ3v) is 6.24. The Morgan fingerprint density at radius 2 is 1.96 bits per heavy atom. The second kappa shape index (κ2) is 6.88. The number of rotatable bonds is 3. The van der Waals surface area contributed by atoms with Gasteiger partial charge >= 0.3 is 5.97 Å². The molecule has 0 unspecified atom stereocenters. The van der Waals surface area contributed by atoms with Crippen molar-refractivity contribution in [1.82, 2.24) is 4.57 Å². The van der Waals surface area contributed by atoms with Gasteiger partial charge in [0.2, 0.25) is 5.43 Å². The molecule has 2 aliphatic heterocycles. The molecule has 0 bridgehead atoms. The predicted molar refractivity (Wildman–Crippen MR) is 105 cm³/mol. The number of benzene rings is 1. The highest BCUT2D eigenvalue weighted by Gasteiger charge is 2.38. The summed E-state index contributed by atoms with van der Waals surface area (Å²) < 4.78 is 22.3. The number of hydrogen-bond donors (Lipinski definition) is 1. The molecule has 150 valence electrons. The van der Waals surface area contributed by atoms with Crippen molar-refractivity contribution >= 4 is 22.6 Å². The molecule has 7 heteroatoms. The van der Waals surface area contributed by atoms with Crippen LogP contribution in [-0.2, 0) is 4.74 Å². The molecule has 3 heterocycles. The average Bonchev–Trinajstić information content (AvgIpc) is 3.10. The largest absolute Gasteiger partial charge is 0.477 e. The van der Waals surface area contributed by atoms with E-state index in [4.69, 9.17) is 4.74 Å². The van der Waals surface area contributed by atoms with E-state index in [0.29, 0.717) is 11.2 Å². The molecule has 1 N–H and O–H groups in total. The zero-order valence-corrected chi connectivity index (χ0v) is 16.2. The van der Waals surface area contributed by atoms with Crippen molar-refractivity contribution in [1.29, 1.82) is 0 Å². The summed E-state index contributed by atoms with van der Waals surface area (Å²) in [5, 5.41) is 9.44. The number of anilines is 1. The van der Waals surface area contributed by atoms with Crippen LogP contribution in [0.15, 0.2) is 23.1 Å². The third-order valence-electron chi connectivity index (χ3n) is 6.24. The quantitative estimate of drug-likeness (QED) is 0.872. The fourth-order valence-electron chi connectivity index (χ4n) is 4.45. The van der Waals surface area contributed by atoms with Crippen LogP contribution in [-0.4, -0.2) is 41.9 Å². The number of fused-ring (bicyclic) bond motifs is 1. The van der Waals surface area contributed by atoms with Gasteiger partial charge in [0.15, 0.2) is 0 Å². The summed E-state index contributed by atoms with van der Waals surface area (Å²) >= 11 is 0. The van der Waals surface area contributed by atoms with Crippen LogP contribution in [0.3, 0.4) is 0 Å². The van der Waals surface area contributed by atoms with Gasteiger partial charge in [0, 0.05) is 37.3 Å². The molecule has 4 rings (SSSR count). The molecule has 2 aromatic rings. The Bertz CT molecular complexity index is 982. The summed E-state index contributed by atoms with van der Waals surface area (Å²) in [5.74, 6) is -1.79. The first-order chi connectivity index (χ1) is 13.3. The van der Waals surface area contributed by atoms with Gasteiger partial charge < -0.3 is 19.3 Å². The van der Waals surface area contributed by atoms with E-state index < -0.39 is 17.2 Å². The second-order valence-corrected chi connectivity index (χ2v) is 8.29. The molecule has 0 atom stereocenters. The molecule has 2 fully saturated rings. The number of ether oxygens (including phenoxy) is 1. The van der Waals surface area contributed by atoms with E-state index in [9.17, 15) is 19.1 Å². The minimum absolute atomic E-state index is 0.0697. The number of carboxylic acids is 1. The van der Waals surface area contributed by atoms with Gasteiger partial charge in [-0.2, -0.15) is 0 Å². The smallest absolute Gasteiger partial charge is 0.341 e. The van der Waals surface area contributed by atoms with Crippen LogP contribution >= 0.6 is 0 Å². The fourth-order valence-corrected chi connectivity index (χ4v) is 4.45. The van der Waals surface area contributed by atoms with Crippen molar-refractivity contribution < 1.29 is 19.0 Å². The molecule has 1 spiro atoms. The lowest BCUT2D eigenvalue weighted by molar-refractivity contribution is 0.0694. The van der Waals surface area contributed by atoms with Gasteiger partial charge in [-0.05, 0) is 50.7 Å². The summed E-state index contributed by atoms with van der Waals surface area (Å²) in [5.41, 5.74) is 0.268. The normalized spacial score (nSPS) is 19.1. The monoisotopic (exact) mass is 388 g/mol. The van der Waals surface area contributed by atoms with Gasteiger partial charge in [-0.25, -0.2) is 9.18 Å². The first-order valence-corrected chi connectivity index (χ1v) is 9.76. The van der Waals surface area contributed by atoms with Crippen molar-refractivity contribution in [3.8, 4) is 0 Å². The molecular weight excluding hydrogens is 363 g/mol. The molecule has 0 amide bonds. The Balaban J connectivity index is 1.78. The van der Waals surface area contributed by atoms with Crippen LogP contribution < -0.4 is 10.3 Å². The zero-order chi connectivity index (χ0) is 20.1. The van der Waals surface area contributed by atoms with Crippen LogP contribution in [0.1, 0.15) is 49.5 Å². The SMILES string of the molecule is CC(C)n1cc(C(=O)O)c(=O)c2cc(F)c(N3CCC4(CCOC4)CC3)cc21. The summed E-state index contributed by atoms with van der Waals surface area (Å²) in [7, 11) is 0. The van der Waals surface area contributed by atoms with Crippen LogP contribution in [0, 0.1) is 11.2 Å². The topological polar surface area (TPSA) is 71.8 Å². The van der Waals surface area contributed by atoms with E-state index in [1.165, 1.54) is 12.3 Å². The zero-order valence-electron chi connectivity index (χ0n) is 16.2. The number of pyridine rings is 1. The first kappa shape index (κ1) is 18.9. The molecule has 6 nitrogen and oxygen atoms in total.